The Hall–Kier alpha value is -1.18. The quantitative estimate of drug-likeness (QED) is 0.552. The molecule has 0 radical (unpaired) electrons. The molecule has 0 saturated heterocycles. The maximum atomic E-state index is 9.98. The van der Waals surface area contributed by atoms with E-state index in [2.05, 4.69) is 16.1 Å². The Morgan fingerprint density at radius 2 is 2.14 bits per heavy atom. The van der Waals surface area contributed by atoms with Crippen LogP contribution in [-0.4, -0.2) is 19.1 Å². The van der Waals surface area contributed by atoms with Crippen LogP contribution in [0.3, 0.4) is 0 Å². The van der Waals surface area contributed by atoms with E-state index in [1.807, 2.05) is 0 Å². The highest BCUT2D eigenvalue weighted by Gasteiger charge is 2.13. The Morgan fingerprint density at radius 3 is 2.57 bits per heavy atom. The Kier molecular flexibility index (Phi) is 3.39. The second-order valence-electron chi connectivity index (χ2n) is 2.73. The molecule has 1 aromatic rings. The molecule has 14 heavy (non-hydrogen) atoms. The zero-order valence-electron chi connectivity index (χ0n) is 7.58. The maximum Gasteiger partial charge on any atom is 0.341 e. The third-order valence-electron chi connectivity index (χ3n) is 1.53. The predicted octanol–water partition coefficient (Wildman–Crippen LogP) is 2.63. The summed E-state index contributed by atoms with van der Waals surface area (Å²) in [5.74, 6) is 0.608. The van der Waals surface area contributed by atoms with Gasteiger partial charge >= 0.3 is 6.07 Å². The van der Waals surface area contributed by atoms with Crippen molar-refractivity contribution in [3.8, 4) is 6.07 Å². The molecule has 74 valence electrons. The minimum atomic E-state index is 0.112. The summed E-state index contributed by atoms with van der Waals surface area (Å²) < 4.78 is 0. The Labute approximate surface area is 91.5 Å². The van der Waals surface area contributed by atoms with Crippen LogP contribution in [0.15, 0.2) is 6.07 Å². The molecule has 0 aliphatic rings. The monoisotopic (exact) mass is 231 g/mol. The first-order valence-corrected chi connectivity index (χ1v) is 4.43. The number of rotatable bonds is 1. The van der Waals surface area contributed by atoms with Crippen LogP contribution >= 0.6 is 23.2 Å². The summed E-state index contributed by atoms with van der Waals surface area (Å²) in [5.41, 5.74) is 0.217. The fraction of sp³-hybridized carbons (Fsp3) is 0.250. The van der Waals surface area contributed by atoms with E-state index in [0.717, 1.165) is 0 Å². The highest BCUT2D eigenvalue weighted by molar-refractivity contribution is 6.36. The molecular weight excluding hydrogens is 225 g/mol. The van der Waals surface area contributed by atoms with E-state index >= 15 is 0 Å². The van der Waals surface area contributed by atoms with Gasteiger partial charge in [0.05, 0.1) is 5.02 Å². The lowest BCUT2D eigenvalue weighted by Gasteiger charge is -2.11. The fourth-order valence-corrected chi connectivity index (χ4v) is 1.36. The molecule has 0 saturated carbocycles. The molecule has 0 spiro atoms. The van der Waals surface area contributed by atoms with E-state index in [1.165, 1.54) is 0 Å². The summed E-state index contributed by atoms with van der Waals surface area (Å²) in [6.07, 6.45) is 0. The van der Waals surface area contributed by atoms with Crippen molar-refractivity contribution in [3.05, 3.63) is 32.0 Å². The molecule has 1 heterocycles. The SMILES string of the molecule is CN(C)c1cc(Cl)c(C#[N+][O-])c(Cl)n1. The van der Waals surface area contributed by atoms with E-state index in [-0.39, 0.29) is 10.7 Å². The molecule has 0 aromatic carbocycles. The van der Waals surface area contributed by atoms with Gasteiger partial charge in [-0.25, -0.2) is 4.98 Å². The molecule has 0 atom stereocenters. The van der Waals surface area contributed by atoms with Gasteiger partial charge in [0.2, 0.25) is 0 Å². The van der Waals surface area contributed by atoms with Crippen LogP contribution < -0.4 is 4.90 Å². The molecule has 1 aromatic heterocycles. The molecular formula is C8H7Cl2N3O. The maximum absolute atomic E-state index is 9.98. The number of halogens is 2. The van der Waals surface area contributed by atoms with Crippen molar-refractivity contribution >= 4 is 29.0 Å². The van der Waals surface area contributed by atoms with Crippen LogP contribution in [0.5, 0.6) is 0 Å². The van der Waals surface area contributed by atoms with Gasteiger partial charge < -0.3 is 10.1 Å². The van der Waals surface area contributed by atoms with Crippen LogP contribution in [0.4, 0.5) is 5.82 Å². The molecule has 0 aliphatic heterocycles. The van der Waals surface area contributed by atoms with E-state index in [1.54, 1.807) is 25.1 Å². The van der Waals surface area contributed by atoms with Crippen molar-refractivity contribution in [1.29, 1.82) is 0 Å². The van der Waals surface area contributed by atoms with Crippen LogP contribution in [0.25, 0.3) is 5.01 Å². The average Bonchev–Trinajstić information content (AvgIpc) is 2.10. The number of hydrogen-bond donors (Lipinski definition) is 0. The molecule has 1 rings (SSSR count). The van der Waals surface area contributed by atoms with Gasteiger partial charge in [-0.15, -0.1) is 0 Å². The molecule has 6 heteroatoms. The Bertz CT molecular complexity index is 386. The number of pyridine rings is 1. The molecule has 0 bridgehead atoms. The van der Waals surface area contributed by atoms with E-state index in [9.17, 15) is 5.21 Å². The van der Waals surface area contributed by atoms with E-state index in [0.29, 0.717) is 10.8 Å². The van der Waals surface area contributed by atoms with Gasteiger partial charge in [-0.05, 0) is 0 Å². The first-order valence-electron chi connectivity index (χ1n) is 3.68. The molecule has 4 nitrogen and oxygen atoms in total. The summed E-state index contributed by atoms with van der Waals surface area (Å²) in [5, 5.41) is 12.9. The summed E-state index contributed by atoms with van der Waals surface area (Å²) >= 11 is 11.6. The summed E-state index contributed by atoms with van der Waals surface area (Å²) in [6, 6.07) is 3.72. The topological polar surface area (TPSA) is 43.5 Å². The second-order valence-corrected chi connectivity index (χ2v) is 3.49. The number of aromatic nitrogens is 1. The summed E-state index contributed by atoms with van der Waals surface area (Å²) in [4.78, 5) is 5.74. The molecule has 0 unspecified atom stereocenters. The predicted molar refractivity (Wildman–Crippen MR) is 58.3 cm³/mol. The number of nitrogens with zero attached hydrogens (tertiary/aromatic N) is 3. The number of hydrogen-bond acceptors (Lipinski definition) is 3. The van der Waals surface area contributed by atoms with Gasteiger partial charge in [0, 0.05) is 25.2 Å². The van der Waals surface area contributed by atoms with Gasteiger partial charge in [-0.3, -0.25) is 0 Å². The van der Waals surface area contributed by atoms with Crippen molar-refractivity contribution in [2.24, 2.45) is 0 Å². The zero-order valence-corrected chi connectivity index (χ0v) is 9.10. The molecule has 0 fully saturated rings. The lowest BCUT2D eigenvalue weighted by atomic mass is 10.3. The third kappa shape index (κ3) is 2.19. The van der Waals surface area contributed by atoms with E-state index in [4.69, 9.17) is 23.2 Å². The lowest BCUT2D eigenvalue weighted by molar-refractivity contribution is 1.07. The van der Waals surface area contributed by atoms with Gasteiger partial charge in [0.1, 0.15) is 5.82 Å². The largest absolute Gasteiger partial charge is 0.498 e. The average molecular weight is 232 g/mol. The van der Waals surface area contributed by atoms with Crippen LogP contribution in [-0.2, 0) is 0 Å². The van der Waals surface area contributed by atoms with Crippen molar-refractivity contribution in [2.45, 2.75) is 0 Å². The zero-order chi connectivity index (χ0) is 10.7. The second kappa shape index (κ2) is 4.36. The van der Waals surface area contributed by atoms with Crippen molar-refractivity contribution in [2.75, 3.05) is 19.0 Å². The van der Waals surface area contributed by atoms with Gasteiger partial charge in [0.15, 0.2) is 10.7 Å². The number of anilines is 1. The fourth-order valence-electron chi connectivity index (χ4n) is 0.847. The summed E-state index contributed by atoms with van der Waals surface area (Å²) in [6.45, 7) is 0. The van der Waals surface area contributed by atoms with Gasteiger partial charge in [-0.1, -0.05) is 23.2 Å². The third-order valence-corrected chi connectivity index (χ3v) is 2.10. The Morgan fingerprint density at radius 1 is 1.50 bits per heavy atom. The first-order chi connectivity index (χ1) is 6.56. The lowest BCUT2D eigenvalue weighted by Crippen LogP contribution is -2.10. The normalized spacial score (nSPS) is 9.14. The molecule has 0 aliphatic carbocycles. The highest BCUT2D eigenvalue weighted by Crippen LogP contribution is 2.26. The van der Waals surface area contributed by atoms with E-state index < -0.39 is 0 Å². The summed E-state index contributed by atoms with van der Waals surface area (Å²) in [7, 11) is 3.61. The van der Waals surface area contributed by atoms with Crippen LogP contribution in [0, 0.1) is 11.3 Å². The standard InChI is InChI=1S/C8H7Cl2N3O/c1-13(2)7-3-6(9)5(4-11-14)8(10)12-7/h3H,1-2H3. The van der Waals surface area contributed by atoms with Crippen molar-refractivity contribution in [3.63, 3.8) is 0 Å². The van der Waals surface area contributed by atoms with Gasteiger partial charge in [-0.2, -0.15) is 0 Å². The molecule has 0 amide bonds. The van der Waals surface area contributed by atoms with Crippen LogP contribution in [0.2, 0.25) is 10.2 Å². The van der Waals surface area contributed by atoms with Crippen molar-refractivity contribution in [1.82, 2.24) is 4.98 Å². The van der Waals surface area contributed by atoms with Crippen molar-refractivity contribution < 1.29 is 0 Å². The smallest absolute Gasteiger partial charge is 0.341 e. The molecule has 0 N–H and O–H groups in total. The first kappa shape index (κ1) is 10.9. The Balaban J connectivity index is 3.29. The van der Waals surface area contributed by atoms with Gasteiger partial charge in [0.25, 0.3) is 0 Å². The minimum Gasteiger partial charge on any atom is -0.498 e. The highest BCUT2D eigenvalue weighted by atomic mass is 35.5. The van der Waals surface area contributed by atoms with Crippen LogP contribution in [0.1, 0.15) is 5.56 Å². The minimum absolute atomic E-state index is 0.112.